The normalized spacial score (nSPS) is 12.5. The molecule has 2 heterocycles. The number of fused-ring (bicyclic) bond motifs is 1. The number of pyridine rings is 1. The van der Waals surface area contributed by atoms with E-state index in [0.29, 0.717) is 17.3 Å². The molecular weight excluding hydrogens is 348 g/mol. The number of nitrogens with one attached hydrogen (secondary N) is 1. The highest BCUT2D eigenvalue weighted by molar-refractivity contribution is 7.14. The second-order valence-electron chi connectivity index (χ2n) is 6.00. The van der Waals surface area contributed by atoms with Crippen LogP contribution >= 0.6 is 11.3 Å². The minimum absolute atomic E-state index is 0.128. The third-order valence-electron chi connectivity index (χ3n) is 4.26. The highest BCUT2D eigenvalue weighted by Crippen LogP contribution is 2.32. The minimum Gasteiger partial charge on any atom is -0.497 e. The number of rotatable bonds is 5. The number of amides is 1. The number of carbonyl (C=O) groups is 1. The Kier molecular flexibility index (Phi) is 4.58. The molecule has 4 rings (SSSR count). The van der Waals surface area contributed by atoms with E-state index >= 15 is 0 Å². The van der Waals surface area contributed by atoms with Gasteiger partial charge in [0.05, 0.1) is 12.0 Å². The fourth-order valence-corrected chi connectivity index (χ4v) is 4.10. The molecular formula is C20H18N2O3S. The number of aryl methyl sites for hydroxylation is 2. The first-order valence-corrected chi connectivity index (χ1v) is 9.24. The summed E-state index contributed by atoms with van der Waals surface area (Å²) in [6.07, 6.45) is 4.96. The molecule has 0 atom stereocenters. The SMILES string of the molecule is COc1ccc(Oc2ncccc2NC(=O)c2cc3c(s2)CCC3)cc1. The predicted molar refractivity (Wildman–Crippen MR) is 102 cm³/mol. The van der Waals surface area contributed by atoms with E-state index in [1.165, 1.54) is 16.9 Å². The van der Waals surface area contributed by atoms with Gasteiger partial charge in [0.15, 0.2) is 0 Å². The lowest BCUT2D eigenvalue weighted by molar-refractivity contribution is 0.103. The van der Waals surface area contributed by atoms with Crippen molar-refractivity contribution in [3.8, 4) is 17.4 Å². The number of nitrogens with zero attached hydrogens (tertiary/aromatic N) is 1. The molecule has 3 aromatic rings. The van der Waals surface area contributed by atoms with Crippen LogP contribution in [0.15, 0.2) is 48.7 Å². The molecule has 0 bridgehead atoms. The van der Waals surface area contributed by atoms with Gasteiger partial charge in [-0.1, -0.05) is 0 Å². The Morgan fingerprint density at radius 3 is 2.73 bits per heavy atom. The van der Waals surface area contributed by atoms with Gasteiger partial charge in [-0.05, 0) is 67.3 Å². The largest absolute Gasteiger partial charge is 0.497 e. The quantitative estimate of drug-likeness (QED) is 0.712. The average Bonchev–Trinajstić information content (AvgIpc) is 3.26. The van der Waals surface area contributed by atoms with Gasteiger partial charge in [0, 0.05) is 11.1 Å². The summed E-state index contributed by atoms with van der Waals surface area (Å²) in [6, 6.07) is 12.8. The monoisotopic (exact) mass is 366 g/mol. The summed E-state index contributed by atoms with van der Waals surface area (Å²) < 4.78 is 11.0. The number of carbonyl (C=O) groups excluding carboxylic acids is 1. The second kappa shape index (κ2) is 7.17. The minimum atomic E-state index is -0.128. The average molecular weight is 366 g/mol. The van der Waals surface area contributed by atoms with Gasteiger partial charge in [-0.15, -0.1) is 11.3 Å². The molecule has 1 amide bonds. The highest BCUT2D eigenvalue weighted by atomic mass is 32.1. The van der Waals surface area contributed by atoms with E-state index in [0.717, 1.165) is 23.5 Å². The predicted octanol–water partition coefficient (Wildman–Crippen LogP) is 4.69. The van der Waals surface area contributed by atoms with Gasteiger partial charge >= 0.3 is 0 Å². The number of thiophene rings is 1. The zero-order chi connectivity index (χ0) is 17.9. The third-order valence-corrected chi connectivity index (χ3v) is 5.50. The van der Waals surface area contributed by atoms with Crippen molar-refractivity contribution in [2.24, 2.45) is 0 Å². The van der Waals surface area contributed by atoms with Crippen LogP contribution in [0.5, 0.6) is 17.4 Å². The fourth-order valence-electron chi connectivity index (χ4n) is 2.95. The lowest BCUT2D eigenvalue weighted by atomic mass is 10.2. The van der Waals surface area contributed by atoms with E-state index < -0.39 is 0 Å². The first-order chi connectivity index (χ1) is 12.7. The maximum Gasteiger partial charge on any atom is 0.265 e. The number of benzene rings is 1. The van der Waals surface area contributed by atoms with Crippen molar-refractivity contribution in [2.45, 2.75) is 19.3 Å². The van der Waals surface area contributed by atoms with Crippen LogP contribution in [0.2, 0.25) is 0 Å². The zero-order valence-electron chi connectivity index (χ0n) is 14.3. The van der Waals surface area contributed by atoms with Crippen LogP contribution in [-0.2, 0) is 12.8 Å². The Labute approximate surface area is 155 Å². The maximum atomic E-state index is 12.6. The van der Waals surface area contributed by atoms with Crippen LogP contribution in [0.4, 0.5) is 5.69 Å². The topological polar surface area (TPSA) is 60.5 Å². The van der Waals surface area contributed by atoms with Crippen LogP contribution < -0.4 is 14.8 Å². The first kappa shape index (κ1) is 16.6. The molecule has 5 nitrogen and oxygen atoms in total. The highest BCUT2D eigenvalue weighted by Gasteiger charge is 2.19. The summed E-state index contributed by atoms with van der Waals surface area (Å²) in [5, 5.41) is 2.92. The van der Waals surface area contributed by atoms with E-state index in [-0.39, 0.29) is 5.91 Å². The molecule has 0 saturated heterocycles. The first-order valence-electron chi connectivity index (χ1n) is 8.43. The smallest absolute Gasteiger partial charge is 0.265 e. The number of ether oxygens (including phenoxy) is 2. The Morgan fingerprint density at radius 1 is 1.15 bits per heavy atom. The fraction of sp³-hybridized carbons (Fsp3) is 0.200. The lowest BCUT2D eigenvalue weighted by Gasteiger charge is -2.11. The van der Waals surface area contributed by atoms with Crippen LogP contribution in [0, 0.1) is 0 Å². The van der Waals surface area contributed by atoms with Gasteiger partial charge in [0.1, 0.15) is 17.2 Å². The molecule has 0 spiro atoms. The number of hydrogen-bond donors (Lipinski definition) is 1. The van der Waals surface area contributed by atoms with Crippen molar-refractivity contribution in [1.29, 1.82) is 0 Å². The summed E-state index contributed by atoms with van der Waals surface area (Å²) in [5.41, 5.74) is 1.85. The molecule has 132 valence electrons. The van der Waals surface area contributed by atoms with Gasteiger partial charge in [0.25, 0.3) is 5.91 Å². The molecule has 0 fully saturated rings. The Morgan fingerprint density at radius 2 is 1.96 bits per heavy atom. The molecule has 0 saturated carbocycles. The molecule has 6 heteroatoms. The molecule has 0 radical (unpaired) electrons. The molecule has 1 N–H and O–H groups in total. The molecule has 0 aliphatic heterocycles. The van der Waals surface area contributed by atoms with E-state index in [4.69, 9.17) is 9.47 Å². The van der Waals surface area contributed by atoms with Crippen molar-refractivity contribution in [3.63, 3.8) is 0 Å². The third kappa shape index (κ3) is 3.41. The van der Waals surface area contributed by atoms with Crippen molar-refractivity contribution in [1.82, 2.24) is 4.98 Å². The molecule has 2 aromatic heterocycles. The van der Waals surface area contributed by atoms with Crippen LogP contribution in [-0.4, -0.2) is 18.0 Å². The van der Waals surface area contributed by atoms with Crippen molar-refractivity contribution >= 4 is 22.9 Å². The van der Waals surface area contributed by atoms with Gasteiger partial charge < -0.3 is 14.8 Å². The molecule has 1 aromatic carbocycles. The van der Waals surface area contributed by atoms with E-state index in [1.54, 1.807) is 48.9 Å². The van der Waals surface area contributed by atoms with Gasteiger partial charge in [0.2, 0.25) is 5.88 Å². The maximum absolute atomic E-state index is 12.6. The summed E-state index contributed by atoms with van der Waals surface area (Å²) >= 11 is 1.58. The Balaban J connectivity index is 1.52. The van der Waals surface area contributed by atoms with E-state index in [1.807, 2.05) is 18.2 Å². The summed E-state index contributed by atoms with van der Waals surface area (Å²) in [6.45, 7) is 0. The van der Waals surface area contributed by atoms with Gasteiger partial charge in [-0.2, -0.15) is 0 Å². The standard InChI is InChI=1S/C20H18N2O3S/c1-24-14-7-9-15(10-8-14)25-20-16(5-3-11-21-20)22-19(23)18-12-13-4-2-6-17(13)26-18/h3,5,7-12H,2,4,6H2,1H3,(H,22,23). The van der Waals surface area contributed by atoms with Crippen molar-refractivity contribution in [2.75, 3.05) is 12.4 Å². The lowest BCUT2D eigenvalue weighted by Crippen LogP contribution is -2.11. The zero-order valence-corrected chi connectivity index (χ0v) is 15.1. The number of anilines is 1. The Hall–Kier alpha value is -2.86. The molecule has 1 aliphatic rings. The number of hydrogen-bond acceptors (Lipinski definition) is 5. The van der Waals surface area contributed by atoms with Gasteiger partial charge in [-0.25, -0.2) is 4.98 Å². The second-order valence-corrected chi connectivity index (χ2v) is 7.14. The van der Waals surface area contributed by atoms with Crippen LogP contribution in [0.25, 0.3) is 0 Å². The van der Waals surface area contributed by atoms with Gasteiger partial charge in [-0.3, -0.25) is 4.79 Å². The van der Waals surface area contributed by atoms with E-state index in [2.05, 4.69) is 10.3 Å². The molecule has 1 aliphatic carbocycles. The molecule has 0 unspecified atom stereocenters. The number of methoxy groups -OCH3 is 1. The number of aromatic nitrogens is 1. The summed E-state index contributed by atoms with van der Waals surface area (Å²) in [7, 11) is 1.61. The van der Waals surface area contributed by atoms with Crippen LogP contribution in [0.1, 0.15) is 26.5 Å². The van der Waals surface area contributed by atoms with E-state index in [9.17, 15) is 4.79 Å². The Bertz CT molecular complexity index is 913. The summed E-state index contributed by atoms with van der Waals surface area (Å²) in [5.74, 6) is 1.60. The summed E-state index contributed by atoms with van der Waals surface area (Å²) in [4.78, 5) is 18.9. The van der Waals surface area contributed by atoms with Crippen molar-refractivity contribution in [3.05, 3.63) is 64.0 Å². The molecule has 26 heavy (non-hydrogen) atoms. The van der Waals surface area contributed by atoms with Crippen LogP contribution in [0.3, 0.4) is 0 Å². The van der Waals surface area contributed by atoms with Crippen molar-refractivity contribution < 1.29 is 14.3 Å².